The molecular formula is C10H22ClN3O2S. The lowest BCUT2D eigenvalue weighted by Gasteiger charge is -2.22. The van der Waals surface area contributed by atoms with Crippen LogP contribution in [0.25, 0.3) is 0 Å². The molecule has 0 amide bonds. The zero-order chi connectivity index (χ0) is 11.4. The molecule has 2 rings (SSSR count). The van der Waals surface area contributed by atoms with Crippen LogP contribution in [-0.4, -0.2) is 44.9 Å². The molecule has 1 atom stereocenters. The highest BCUT2D eigenvalue weighted by Gasteiger charge is 2.27. The quantitative estimate of drug-likeness (QED) is 0.792. The second kappa shape index (κ2) is 6.89. The van der Waals surface area contributed by atoms with Crippen molar-refractivity contribution < 1.29 is 8.42 Å². The van der Waals surface area contributed by atoms with Crippen LogP contribution in [0.15, 0.2) is 0 Å². The highest BCUT2D eigenvalue weighted by molar-refractivity contribution is 7.87. The topological polar surface area (TPSA) is 61.4 Å². The molecule has 0 radical (unpaired) electrons. The predicted octanol–water partition coefficient (Wildman–Crippen LogP) is 0.480. The van der Waals surface area contributed by atoms with Gasteiger partial charge >= 0.3 is 0 Å². The summed E-state index contributed by atoms with van der Waals surface area (Å²) in [7, 11) is -3.25. The summed E-state index contributed by atoms with van der Waals surface area (Å²) >= 11 is 0. The molecular weight excluding hydrogens is 262 g/mol. The fraction of sp³-hybridized carbons (Fsp3) is 1.00. The maximum atomic E-state index is 12.1. The SMILES string of the molecule is Cl.O=S(=O)(NC1CCNC1)N1CCCCCC1. The summed E-state index contributed by atoms with van der Waals surface area (Å²) in [4.78, 5) is 0. The van der Waals surface area contributed by atoms with E-state index in [2.05, 4.69) is 10.0 Å². The first kappa shape index (κ1) is 15.2. The van der Waals surface area contributed by atoms with Gasteiger partial charge in [0, 0.05) is 25.7 Å². The van der Waals surface area contributed by atoms with Gasteiger partial charge in [0.25, 0.3) is 10.2 Å². The van der Waals surface area contributed by atoms with Gasteiger partial charge in [0.15, 0.2) is 0 Å². The molecule has 5 nitrogen and oxygen atoms in total. The van der Waals surface area contributed by atoms with Crippen LogP contribution in [0.1, 0.15) is 32.1 Å². The van der Waals surface area contributed by atoms with Crippen molar-refractivity contribution in [2.75, 3.05) is 26.2 Å². The van der Waals surface area contributed by atoms with E-state index in [-0.39, 0.29) is 18.4 Å². The van der Waals surface area contributed by atoms with Crippen molar-refractivity contribution in [1.29, 1.82) is 0 Å². The van der Waals surface area contributed by atoms with Crippen molar-refractivity contribution in [2.45, 2.75) is 38.1 Å². The monoisotopic (exact) mass is 283 g/mol. The number of halogens is 1. The van der Waals surface area contributed by atoms with Crippen LogP contribution in [0.5, 0.6) is 0 Å². The fourth-order valence-corrected chi connectivity index (χ4v) is 3.83. The lowest BCUT2D eigenvalue weighted by molar-refractivity contribution is 0.409. The average molecular weight is 284 g/mol. The first-order valence-corrected chi connectivity index (χ1v) is 7.60. The molecule has 2 saturated heterocycles. The third kappa shape index (κ3) is 4.37. The van der Waals surface area contributed by atoms with Crippen molar-refractivity contribution >= 4 is 22.6 Å². The molecule has 2 N–H and O–H groups in total. The molecule has 102 valence electrons. The van der Waals surface area contributed by atoms with Crippen LogP contribution in [0.4, 0.5) is 0 Å². The number of nitrogens with zero attached hydrogens (tertiary/aromatic N) is 1. The number of rotatable bonds is 3. The third-order valence-electron chi connectivity index (χ3n) is 3.28. The zero-order valence-corrected chi connectivity index (χ0v) is 11.7. The first-order valence-electron chi connectivity index (χ1n) is 6.16. The summed E-state index contributed by atoms with van der Waals surface area (Å²) in [6.45, 7) is 3.02. The molecule has 1 unspecified atom stereocenters. The lowest BCUT2D eigenvalue weighted by Crippen LogP contribution is -2.46. The molecule has 2 aliphatic heterocycles. The van der Waals surface area contributed by atoms with Gasteiger partial charge in [-0.25, -0.2) is 0 Å². The Bertz CT molecular complexity index is 310. The van der Waals surface area contributed by atoms with E-state index in [0.717, 1.165) is 45.2 Å². The number of hydrogen-bond acceptors (Lipinski definition) is 3. The largest absolute Gasteiger partial charge is 0.315 e. The van der Waals surface area contributed by atoms with Gasteiger partial charge in [-0.1, -0.05) is 12.8 Å². The van der Waals surface area contributed by atoms with E-state index in [1.165, 1.54) is 0 Å². The standard InChI is InChI=1S/C10H21N3O2S.ClH/c14-16(15,12-10-5-6-11-9-10)13-7-3-1-2-4-8-13;/h10-12H,1-9H2;1H. The highest BCUT2D eigenvalue weighted by Crippen LogP contribution is 2.13. The van der Waals surface area contributed by atoms with E-state index in [9.17, 15) is 8.42 Å². The summed E-state index contributed by atoms with van der Waals surface area (Å²) in [5, 5.41) is 3.16. The van der Waals surface area contributed by atoms with Gasteiger partial charge in [-0.15, -0.1) is 12.4 Å². The summed E-state index contributed by atoms with van der Waals surface area (Å²) in [6.07, 6.45) is 5.18. The Labute approximate surface area is 110 Å². The van der Waals surface area contributed by atoms with Gasteiger partial charge in [-0.05, 0) is 25.8 Å². The smallest absolute Gasteiger partial charge is 0.279 e. The van der Waals surface area contributed by atoms with Crippen molar-refractivity contribution in [3.8, 4) is 0 Å². The minimum Gasteiger partial charge on any atom is -0.315 e. The van der Waals surface area contributed by atoms with Gasteiger partial charge in [0.2, 0.25) is 0 Å². The van der Waals surface area contributed by atoms with E-state index in [1.54, 1.807) is 4.31 Å². The van der Waals surface area contributed by atoms with Crippen LogP contribution in [0.2, 0.25) is 0 Å². The number of nitrogens with one attached hydrogen (secondary N) is 2. The van der Waals surface area contributed by atoms with Crippen molar-refractivity contribution in [3.05, 3.63) is 0 Å². The molecule has 0 aliphatic carbocycles. The molecule has 17 heavy (non-hydrogen) atoms. The van der Waals surface area contributed by atoms with Gasteiger partial charge in [-0.2, -0.15) is 17.4 Å². The summed E-state index contributed by atoms with van der Waals surface area (Å²) in [5.74, 6) is 0. The fourth-order valence-electron chi connectivity index (χ4n) is 2.32. The molecule has 0 aromatic carbocycles. The van der Waals surface area contributed by atoms with Crippen molar-refractivity contribution in [2.24, 2.45) is 0 Å². The van der Waals surface area contributed by atoms with Gasteiger partial charge in [-0.3, -0.25) is 0 Å². The van der Waals surface area contributed by atoms with Crippen LogP contribution in [0, 0.1) is 0 Å². The Kier molecular flexibility index (Phi) is 6.16. The summed E-state index contributed by atoms with van der Waals surface area (Å²) in [5.41, 5.74) is 0. The number of hydrogen-bond donors (Lipinski definition) is 2. The Morgan fingerprint density at radius 1 is 1.12 bits per heavy atom. The van der Waals surface area contributed by atoms with E-state index in [1.807, 2.05) is 0 Å². The van der Waals surface area contributed by atoms with Crippen LogP contribution < -0.4 is 10.0 Å². The van der Waals surface area contributed by atoms with E-state index < -0.39 is 10.2 Å². The molecule has 0 aromatic heterocycles. The summed E-state index contributed by atoms with van der Waals surface area (Å²) < 4.78 is 28.6. The molecule has 0 spiro atoms. The third-order valence-corrected chi connectivity index (χ3v) is 4.96. The van der Waals surface area contributed by atoms with Crippen molar-refractivity contribution in [3.63, 3.8) is 0 Å². The summed E-state index contributed by atoms with van der Waals surface area (Å²) in [6, 6.07) is 0.0771. The second-order valence-electron chi connectivity index (χ2n) is 4.63. The molecule has 0 saturated carbocycles. The molecule has 0 aromatic rings. The minimum atomic E-state index is -3.25. The molecule has 7 heteroatoms. The Morgan fingerprint density at radius 2 is 1.76 bits per heavy atom. The molecule has 2 aliphatic rings. The first-order chi connectivity index (χ1) is 7.68. The Hall–Kier alpha value is 0.120. The molecule has 2 fully saturated rings. The van der Waals surface area contributed by atoms with Gasteiger partial charge in [0.05, 0.1) is 0 Å². The molecule has 2 heterocycles. The Morgan fingerprint density at radius 3 is 2.29 bits per heavy atom. The van der Waals surface area contributed by atoms with Crippen LogP contribution in [-0.2, 0) is 10.2 Å². The van der Waals surface area contributed by atoms with E-state index >= 15 is 0 Å². The highest BCUT2D eigenvalue weighted by atomic mass is 35.5. The predicted molar refractivity (Wildman–Crippen MR) is 70.6 cm³/mol. The van der Waals surface area contributed by atoms with Gasteiger partial charge in [0.1, 0.15) is 0 Å². The second-order valence-corrected chi connectivity index (χ2v) is 6.33. The molecule has 0 bridgehead atoms. The van der Waals surface area contributed by atoms with Crippen LogP contribution >= 0.6 is 12.4 Å². The van der Waals surface area contributed by atoms with E-state index in [4.69, 9.17) is 0 Å². The zero-order valence-electron chi connectivity index (χ0n) is 10.0. The van der Waals surface area contributed by atoms with Gasteiger partial charge < -0.3 is 5.32 Å². The minimum absolute atomic E-state index is 0. The normalized spacial score (nSPS) is 27.4. The average Bonchev–Trinajstić information content (AvgIpc) is 2.56. The maximum Gasteiger partial charge on any atom is 0.279 e. The maximum absolute atomic E-state index is 12.1. The Balaban J connectivity index is 0.00000144. The van der Waals surface area contributed by atoms with Crippen molar-refractivity contribution in [1.82, 2.24) is 14.3 Å². The van der Waals surface area contributed by atoms with E-state index in [0.29, 0.717) is 13.1 Å². The lowest BCUT2D eigenvalue weighted by atomic mass is 10.2. The van der Waals surface area contributed by atoms with Crippen LogP contribution in [0.3, 0.4) is 0 Å².